The summed E-state index contributed by atoms with van der Waals surface area (Å²) in [6, 6.07) is 53.0. The van der Waals surface area contributed by atoms with Crippen molar-refractivity contribution in [2.24, 2.45) is 0 Å². The summed E-state index contributed by atoms with van der Waals surface area (Å²) < 4.78 is 8.41. The van der Waals surface area contributed by atoms with Crippen LogP contribution in [-0.4, -0.2) is 24.5 Å². The lowest BCUT2D eigenvalue weighted by Gasteiger charge is -2.12. The number of furan rings is 1. The Labute approximate surface area is 297 Å². The Balaban J connectivity index is 1.20. The molecule has 52 heavy (non-hydrogen) atoms. The molecule has 11 aromatic rings. The van der Waals surface area contributed by atoms with Crippen LogP contribution in [0.2, 0.25) is 0 Å². The molecular weight excluding hydrogens is 639 g/mol. The molecule has 0 N–H and O–H groups in total. The minimum absolute atomic E-state index is 0.523. The van der Waals surface area contributed by atoms with Gasteiger partial charge in [0.25, 0.3) is 0 Å². The Bertz CT molecular complexity index is 3210. The van der Waals surface area contributed by atoms with Crippen LogP contribution in [0.15, 0.2) is 168 Å². The van der Waals surface area contributed by atoms with Crippen molar-refractivity contribution in [1.82, 2.24) is 24.5 Å². The van der Waals surface area contributed by atoms with E-state index in [1.807, 2.05) is 24.4 Å². The minimum atomic E-state index is 0.523. The Kier molecular flexibility index (Phi) is 6.15. The van der Waals surface area contributed by atoms with Crippen LogP contribution in [0.4, 0.5) is 0 Å². The van der Waals surface area contributed by atoms with Gasteiger partial charge in [-0.05, 0) is 63.0 Å². The van der Waals surface area contributed by atoms with Crippen molar-refractivity contribution < 1.29 is 4.42 Å². The Morgan fingerprint density at radius 2 is 1.04 bits per heavy atom. The first-order chi connectivity index (χ1) is 25.7. The molecule has 0 amide bonds. The van der Waals surface area contributed by atoms with Gasteiger partial charge in [-0.25, -0.2) is 4.98 Å². The number of aromatic nitrogens is 5. The zero-order valence-corrected chi connectivity index (χ0v) is 27.7. The number of rotatable bonds is 4. The molecule has 0 unspecified atom stereocenters. The van der Waals surface area contributed by atoms with E-state index in [0.29, 0.717) is 23.2 Å². The lowest BCUT2D eigenvalue weighted by Crippen LogP contribution is -2.06. The van der Waals surface area contributed by atoms with E-state index in [9.17, 15) is 0 Å². The molecule has 4 aromatic heterocycles. The van der Waals surface area contributed by atoms with Crippen molar-refractivity contribution in [2.45, 2.75) is 0 Å². The lowest BCUT2D eigenvalue weighted by atomic mass is 10.00. The highest BCUT2D eigenvalue weighted by atomic mass is 16.3. The molecule has 0 aliphatic heterocycles. The van der Waals surface area contributed by atoms with Crippen LogP contribution in [0, 0.1) is 0 Å². The zero-order chi connectivity index (χ0) is 34.2. The molecule has 0 spiro atoms. The molecule has 0 fully saturated rings. The van der Waals surface area contributed by atoms with Crippen molar-refractivity contribution >= 4 is 65.3 Å². The van der Waals surface area contributed by atoms with Crippen LogP contribution in [0.3, 0.4) is 0 Å². The summed E-state index contributed by atoms with van der Waals surface area (Å²) in [6.45, 7) is 0. The molecule has 0 aliphatic rings. The van der Waals surface area contributed by atoms with Crippen LogP contribution in [0.25, 0.3) is 105 Å². The number of nitrogens with zero attached hydrogens (tertiary/aromatic N) is 5. The summed E-state index contributed by atoms with van der Waals surface area (Å²) in [4.78, 5) is 20.3. The molecule has 7 aromatic carbocycles. The quantitative estimate of drug-likeness (QED) is 0.187. The van der Waals surface area contributed by atoms with E-state index in [-0.39, 0.29) is 0 Å². The van der Waals surface area contributed by atoms with Gasteiger partial charge in [0.2, 0.25) is 5.95 Å². The highest BCUT2D eigenvalue weighted by molar-refractivity contribution is 6.12. The monoisotopic (exact) mass is 665 g/mol. The molecular formula is C46H27N5O. The van der Waals surface area contributed by atoms with Gasteiger partial charge in [-0.15, -0.1) is 0 Å². The molecule has 0 saturated carbocycles. The maximum atomic E-state index is 6.24. The fourth-order valence-electron chi connectivity index (χ4n) is 7.62. The number of benzene rings is 7. The highest BCUT2D eigenvalue weighted by Gasteiger charge is 2.21. The highest BCUT2D eigenvalue weighted by Crippen LogP contribution is 2.38. The molecule has 0 aliphatic carbocycles. The van der Waals surface area contributed by atoms with Crippen LogP contribution in [0.5, 0.6) is 0 Å². The van der Waals surface area contributed by atoms with E-state index < -0.39 is 0 Å². The van der Waals surface area contributed by atoms with Crippen LogP contribution in [0.1, 0.15) is 0 Å². The first-order valence-electron chi connectivity index (χ1n) is 17.3. The Hall–Kier alpha value is -7.18. The third-order valence-electron chi connectivity index (χ3n) is 10.1. The van der Waals surface area contributed by atoms with Crippen LogP contribution in [-0.2, 0) is 0 Å². The average molecular weight is 666 g/mol. The van der Waals surface area contributed by atoms with E-state index in [4.69, 9.17) is 19.4 Å². The summed E-state index contributed by atoms with van der Waals surface area (Å²) in [5.41, 5.74) is 7.45. The predicted molar refractivity (Wildman–Crippen MR) is 211 cm³/mol. The molecule has 6 nitrogen and oxygen atoms in total. The minimum Gasteiger partial charge on any atom is -0.454 e. The molecule has 4 heterocycles. The second-order valence-corrected chi connectivity index (χ2v) is 13.1. The predicted octanol–water partition coefficient (Wildman–Crippen LogP) is 11.6. The SMILES string of the molecule is c1ccc2cc(-c3ccc4c5ccccc5n(-c5nc(-c6ccc7ccccc7c6)nc(-c6cncc7oc8ccccc8c67)n5)c4c3)ccc2c1. The third-order valence-corrected chi connectivity index (χ3v) is 10.1. The Morgan fingerprint density at radius 3 is 1.87 bits per heavy atom. The van der Waals surface area contributed by atoms with Crippen molar-refractivity contribution in [3.8, 4) is 39.9 Å². The summed E-state index contributed by atoms with van der Waals surface area (Å²) in [7, 11) is 0. The standard InChI is InChI=1S/C46H27N5O/c1-3-11-30-23-32(19-17-28(30)9-1)33-21-22-36-35-13-5-7-15-39(35)51(40(36)25-33)46-49-44(34-20-18-29-10-2-4-12-31(29)24-34)48-45(50-46)38-26-47-27-42-43(38)37-14-6-8-16-41(37)52-42/h1-27H. The number of pyridine rings is 1. The normalized spacial score (nSPS) is 11.8. The van der Waals surface area contributed by atoms with E-state index in [1.54, 1.807) is 6.20 Å². The number of para-hydroxylation sites is 2. The van der Waals surface area contributed by atoms with Crippen molar-refractivity contribution in [1.29, 1.82) is 0 Å². The van der Waals surface area contributed by atoms with Gasteiger partial charge in [0.1, 0.15) is 5.58 Å². The molecule has 6 heteroatoms. The molecule has 0 saturated heterocycles. The molecule has 242 valence electrons. The fourth-order valence-corrected chi connectivity index (χ4v) is 7.62. The van der Waals surface area contributed by atoms with Crippen LogP contribution >= 0.6 is 0 Å². The maximum absolute atomic E-state index is 6.24. The largest absolute Gasteiger partial charge is 0.454 e. The molecule has 0 radical (unpaired) electrons. The van der Waals surface area contributed by atoms with Gasteiger partial charge in [0.15, 0.2) is 17.2 Å². The smallest absolute Gasteiger partial charge is 0.238 e. The Morgan fingerprint density at radius 1 is 0.423 bits per heavy atom. The van der Waals surface area contributed by atoms with E-state index in [1.165, 1.54) is 10.8 Å². The van der Waals surface area contributed by atoms with E-state index in [0.717, 1.165) is 71.2 Å². The van der Waals surface area contributed by atoms with Gasteiger partial charge in [-0.1, -0.05) is 121 Å². The third kappa shape index (κ3) is 4.44. The van der Waals surface area contributed by atoms with Crippen molar-refractivity contribution in [3.05, 3.63) is 164 Å². The number of fused-ring (bicyclic) bond motifs is 8. The van der Waals surface area contributed by atoms with Gasteiger partial charge >= 0.3 is 0 Å². The number of hydrogen-bond donors (Lipinski definition) is 0. The van der Waals surface area contributed by atoms with Crippen LogP contribution < -0.4 is 0 Å². The first-order valence-corrected chi connectivity index (χ1v) is 17.3. The average Bonchev–Trinajstić information content (AvgIpc) is 3.76. The second kappa shape index (κ2) is 11.2. The second-order valence-electron chi connectivity index (χ2n) is 13.1. The first kappa shape index (κ1) is 28.6. The maximum Gasteiger partial charge on any atom is 0.238 e. The van der Waals surface area contributed by atoms with Crippen molar-refractivity contribution in [2.75, 3.05) is 0 Å². The summed E-state index contributed by atoms with van der Waals surface area (Å²) >= 11 is 0. The van der Waals surface area contributed by atoms with Crippen molar-refractivity contribution in [3.63, 3.8) is 0 Å². The molecule has 0 atom stereocenters. The van der Waals surface area contributed by atoms with Gasteiger partial charge in [0.05, 0.1) is 17.2 Å². The molecule has 0 bridgehead atoms. The topological polar surface area (TPSA) is 69.6 Å². The summed E-state index contributed by atoms with van der Waals surface area (Å²) in [5, 5.41) is 8.86. The fraction of sp³-hybridized carbons (Fsp3) is 0. The summed E-state index contributed by atoms with van der Waals surface area (Å²) in [6.07, 6.45) is 3.59. The lowest BCUT2D eigenvalue weighted by molar-refractivity contribution is 0.667. The van der Waals surface area contributed by atoms with Gasteiger partial charge in [-0.2, -0.15) is 9.97 Å². The molecule has 11 rings (SSSR count). The van der Waals surface area contributed by atoms with Gasteiger partial charge < -0.3 is 4.42 Å². The van der Waals surface area contributed by atoms with E-state index in [2.05, 4.69) is 143 Å². The zero-order valence-electron chi connectivity index (χ0n) is 27.7. The van der Waals surface area contributed by atoms with E-state index >= 15 is 0 Å². The van der Waals surface area contributed by atoms with Gasteiger partial charge in [0, 0.05) is 38.9 Å². The van der Waals surface area contributed by atoms with Gasteiger partial charge in [-0.3, -0.25) is 9.55 Å². The summed E-state index contributed by atoms with van der Waals surface area (Å²) in [5.74, 6) is 1.63. The number of hydrogen-bond acceptors (Lipinski definition) is 5.